The monoisotopic (exact) mass is 143 g/mol. The summed E-state index contributed by atoms with van der Waals surface area (Å²) in [4.78, 5) is 25.0. The minimum Gasteiger partial charge on any atom is -0.297 e. The van der Waals surface area contributed by atoms with Gasteiger partial charge in [0, 0.05) is 0 Å². The van der Waals surface area contributed by atoms with Crippen LogP contribution in [0, 0.1) is 0 Å². The Labute approximate surface area is 58.8 Å². The van der Waals surface area contributed by atoms with Crippen molar-refractivity contribution in [3.8, 4) is 0 Å². The van der Waals surface area contributed by atoms with Gasteiger partial charge in [-0.2, -0.15) is 0 Å². The quantitative estimate of drug-likeness (QED) is 0.438. The average molecular weight is 143 g/mol. The van der Waals surface area contributed by atoms with Crippen molar-refractivity contribution in [2.24, 2.45) is 0 Å². The van der Waals surface area contributed by atoms with Crippen LogP contribution in [0.25, 0.3) is 0 Å². The van der Waals surface area contributed by atoms with Crippen LogP contribution in [-0.4, -0.2) is 18.3 Å². The first kappa shape index (κ1) is 8.84. The minimum atomic E-state index is -0.457. The molecule has 10 heavy (non-hydrogen) atoms. The predicted molar refractivity (Wildman–Crippen MR) is 35.0 cm³/mol. The molecule has 0 spiro atoms. The fourth-order valence-electron chi connectivity index (χ4n) is 0.251. The molecule has 0 unspecified atom stereocenters. The van der Waals surface area contributed by atoms with E-state index in [0.717, 1.165) is 6.08 Å². The number of nitrogens with one attached hydrogen (secondary N) is 1. The SMILES string of the molecule is C=CC(=O)NOCC(C)=O. The van der Waals surface area contributed by atoms with Crippen LogP contribution in [0.15, 0.2) is 12.7 Å². The van der Waals surface area contributed by atoms with Gasteiger partial charge in [0.2, 0.25) is 0 Å². The molecule has 0 fully saturated rings. The minimum absolute atomic E-state index is 0.112. The summed E-state index contributed by atoms with van der Waals surface area (Å²) in [5.41, 5.74) is 1.99. The molecule has 0 radical (unpaired) electrons. The second-order valence-electron chi connectivity index (χ2n) is 1.66. The lowest BCUT2D eigenvalue weighted by Gasteiger charge is -1.98. The van der Waals surface area contributed by atoms with Crippen molar-refractivity contribution in [2.45, 2.75) is 6.92 Å². The lowest BCUT2D eigenvalue weighted by atomic mass is 10.5. The Morgan fingerprint density at radius 2 is 2.30 bits per heavy atom. The molecule has 1 N–H and O–H groups in total. The second kappa shape index (κ2) is 4.69. The van der Waals surface area contributed by atoms with Gasteiger partial charge in [0.05, 0.1) is 0 Å². The number of carbonyl (C=O) groups is 2. The Kier molecular flexibility index (Phi) is 4.15. The first-order valence-corrected chi connectivity index (χ1v) is 2.70. The van der Waals surface area contributed by atoms with Crippen LogP contribution >= 0.6 is 0 Å². The molecular weight excluding hydrogens is 134 g/mol. The standard InChI is InChI=1S/C6H9NO3/c1-3-6(9)7-10-4-5(2)8/h3H,1,4H2,2H3,(H,7,9). The molecule has 4 nitrogen and oxygen atoms in total. The summed E-state index contributed by atoms with van der Waals surface area (Å²) in [5, 5.41) is 0. The fraction of sp³-hybridized carbons (Fsp3) is 0.333. The van der Waals surface area contributed by atoms with E-state index in [4.69, 9.17) is 0 Å². The van der Waals surface area contributed by atoms with E-state index in [2.05, 4.69) is 11.4 Å². The van der Waals surface area contributed by atoms with Crippen LogP contribution in [0.2, 0.25) is 0 Å². The van der Waals surface area contributed by atoms with Gasteiger partial charge >= 0.3 is 0 Å². The van der Waals surface area contributed by atoms with Crippen LogP contribution < -0.4 is 5.48 Å². The Balaban J connectivity index is 3.28. The van der Waals surface area contributed by atoms with Crippen LogP contribution in [0.4, 0.5) is 0 Å². The molecule has 0 aromatic rings. The average Bonchev–Trinajstić information content (AvgIpc) is 1.87. The highest BCUT2D eigenvalue weighted by molar-refractivity contribution is 5.86. The number of Topliss-reactive ketones (excluding diaryl/α,β-unsaturated/α-hetero) is 1. The van der Waals surface area contributed by atoms with Gasteiger partial charge in [0.1, 0.15) is 6.61 Å². The summed E-state index contributed by atoms with van der Waals surface area (Å²) < 4.78 is 0. The van der Waals surface area contributed by atoms with Crippen LogP contribution in [0.1, 0.15) is 6.92 Å². The molecule has 0 saturated carbocycles. The molecular formula is C6H9NO3. The van der Waals surface area contributed by atoms with Gasteiger partial charge in [-0.1, -0.05) is 6.58 Å². The van der Waals surface area contributed by atoms with Gasteiger partial charge in [-0.15, -0.1) is 0 Å². The summed E-state index contributed by atoms with van der Waals surface area (Å²) >= 11 is 0. The highest BCUT2D eigenvalue weighted by Crippen LogP contribution is 1.71. The molecule has 0 aliphatic rings. The van der Waals surface area contributed by atoms with Crippen LogP contribution in [-0.2, 0) is 14.4 Å². The number of ketones is 1. The summed E-state index contributed by atoms with van der Waals surface area (Å²) in [5.74, 6) is -0.606. The van der Waals surface area contributed by atoms with Gasteiger partial charge in [-0.05, 0) is 13.0 Å². The number of hydrogen-bond acceptors (Lipinski definition) is 3. The maximum absolute atomic E-state index is 10.3. The van der Waals surface area contributed by atoms with Gasteiger partial charge in [-0.25, -0.2) is 5.48 Å². The fourth-order valence-corrected chi connectivity index (χ4v) is 0.251. The van der Waals surface area contributed by atoms with Crippen LogP contribution in [0.5, 0.6) is 0 Å². The van der Waals surface area contributed by atoms with E-state index in [0.29, 0.717) is 0 Å². The Morgan fingerprint density at radius 1 is 1.70 bits per heavy atom. The van der Waals surface area contributed by atoms with Gasteiger partial charge < -0.3 is 0 Å². The lowest BCUT2D eigenvalue weighted by Crippen LogP contribution is -2.23. The Morgan fingerprint density at radius 3 is 2.70 bits per heavy atom. The number of hydrogen-bond donors (Lipinski definition) is 1. The predicted octanol–water partition coefficient (Wildman–Crippen LogP) is -0.191. The molecule has 0 rings (SSSR count). The van der Waals surface area contributed by atoms with E-state index in [1.807, 2.05) is 5.48 Å². The molecule has 56 valence electrons. The first-order valence-electron chi connectivity index (χ1n) is 2.70. The normalized spacial score (nSPS) is 8.50. The Bertz CT molecular complexity index is 153. The molecule has 0 bridgehead atoms. The molecule has 0 saturated heterocycles. The summed E-state index contributed by atoms with van der Waals surface area (Å²) in [6, 6.07) is 0. The van der Waals surface area contributed by atoms with Crippen molar-refractivity contribution in [2.75, 3.05) is 6.61 Å². The molecule has 0 aliphatic carbocycles. The molecule has 0 aliphatic heterocycles. The van der Waals surface area contributed by atoms with Crippen molar-refractivity contribution in [1.82, 2.24) is 5.48 Å². The van der Waals surface area contributed by atoms with Gasteiger partial charge in [-0.3, -0.25) is 14.4 Å². The second-order valence-corrected chi connectivity index (χ2v) is 1.66. The zero-order valence-electron chi connectivity index (χ0n) is 5.72. The molecule has 0 atom stereocenters. The van der Waals surface area contributed by atoms with E-state index in [1.165, 1.54) is 6.92 Å². The van der Waals surface area contributed by atoms with Crippen molar-refractivity contribution < 1.29 is 14.4 Å². The van der Waals surface area contributed by atoms with E-state index >= 15 is 0 Å². The third kappa shape index (κ3) is 4.99. The van der Waals surface area contributed by atoms with Crippen molar-refractivity contribution in [3.05, 3.63) is 12.7 Å². The molecule has 0 heterocycles. The highest BCUT2D eigenvalue weighted by atomic mass is 16.7. The molecule has 0 aromatic carbocycles. The maximum atomic E-state index is 10.3. The van der Waals surface area contributed by atoms with E-state index < -0.39 is 5.91 Å². The number of hydroxylamine groups is 1. The molecule has 0 aromatic heterocycles. The molecule has 4 heteroatoms. The van der Waals surface area contributed by atoms with Gasteiger partial charge in [0.15, 0.2) is 5.78 Å². The van der Waals surface area contributed by atoms with Crippen LogP contribution in [0.3, 0.4) is 0 Å². The maximum Gasteiger partial charge on any atom is 0.266 e. The smallest absolute Gasteiger partial charge is 0.266 e. The number of amides is 1. The zero-order valence-corrected chi connectivity index (χ0v) is 5.72. The third-order valence-electron chi connectivity index (χ3n) is 0.634. The van der Waals surface area contributed by atoms with Crippen molar-refractivity contribution in [3.63, 3.8) is 0 Å². The van der Waals surface area contributed by atoms with Gasteiger partial charge in [0.25, 0.3) is 5.91 Å². The summed E-state index contributed by atoms with van der Waals surface area (Å²) in [7, 11) is 0. The molecule has 1 amide bonds. The third-order valence-corrected chi connectivity index (χ3v) is 0.634. The first-order chi connectivity index (χ1) is 4.66. The number of carbonyl (C=O) groups excluding carboxylic acids is 2. The van der Waals surface area contributed by atoms with Crippen molar-refractivity contribution >= 4 is 11.7 Å². The summed E-state index contributed by atoms with van der Waals surface area (Å²) in [6.07, 6.45) is 1.06. The number of rotatable bonds is 4. The van der Waals surface area contributed by atoms with E-state index in [1.54, 1.807) is 0 Å². The van der Waals surface area contributed by atoms with E-state index in [9.17, 15) is 9.59 Å². The summed E-state index contributed by atoms with van der Waals surface area (Å²) in [6.45, 7) is 4.43. The van der Waals surface area contributed by atoms with E-state index in [-0.39, 0.29) is 12.4 Å². The lowest BCUT2D eigenvalue weighted by molar-refractivity contribution is -0.133. The topological polar surface area (TPSA) is 55.4 Å². The highest BCUT2D eigenvalue weighted by Gasteiger charge is 1.94. The largest absolute Gasteiger partial charge is 0.297 e. The van der Waals surface area contributed by atoms with Crippen molar-refractivity contribution in [1.29, 1.82) is 0 Å². The zero-order chi connectivity index (χ0) is 7.98. The Hall–Kier alpha value is -1.16.